The number of nitrogens with one attached hydrogen (secondary N) is 2. The maximum Gasteiger partial charge on any atom is 0.191 e. The lowest BCUT2D eigenvalue weighted by Crippen LogP contribution is -2.38. The predicted octanol–water partition coefficient (Wildman–Crippen LogP) is 2.92. The zero-order valence-electron chi connectivity index (χ0n) is 15.4. The van der Waals surface area contributed by atoms with E-state index in [4.69, 9.17) is 14.5 Å². The molecule has 0 unspecified atom stereocenters. The molecule has 5 nitrogen and oxygen atoms in total. The molecule has 0 heterocycles. The lowest BCUT2D eigenvalue weighted by atomic mass is 10.4. The van der Waals surface area contributed by atoms with Gasteiger partial charge in [-0.1, -0.05) is 18.2 Å². The molecule has 25 heavy (non-hydrogen) atoms. The van der Waals surface area contributed by atoms with Crippen molar-refractivity contribution in [1.82, 2.24) is 10.6 Å². The fourth-order valence-corrected chi connectivity index (χ4v) is 3.59. The van der Waals surface area contributed by atoms with E-state index in [0.717, 1.165) is 38.6 Å². The monoisotopic (exact) mass is 365 g/mol. The molecule has 0 amide bonds. The molecule has 6 heteroatoms. The highest BCUT2D eigenvalue weighted by Crippen LogP contribution is 2.51. The van der Waals surface area contributed by atoms with Gasteiger partial charge in [-0.25, -0.2) is 0 Å². The molecule has 2 rings (SSSR count). The molecule has 140 valence electrons. The maximum atomic E-state index is 5.48. The van der Waals surface area contributed by atoms with Gasteiger partial charge in [0.1, 0.15) is 0 Å². The van der Waals surface area contributed by atoms with Crippen LogP contribution in [-0.2, 0) is 9.47 Å². The van der Waals surface area contributed by atoms with E-state index in [9.17, 15) is 0 Å². The van der Waals surface area contributed by atoms with E-state index >= 15 is 0 Å². The second-order valence-corrected chi connectivity index (χ2v) is 7.72. The first-order chi connectivity index (χ1) is 12.3. The SMILES string of the molecule is CCNC(=NCC1(Sc2ccccc2)CC1)NCCCOCCOC. The summed E-state index contributed by atoms with van der Waals surface area (Å²) in [6.07, 6.45) is 3.43. The second-order valence-electron chi connectivity index (χ2n) is 6.18. The van der Waals surface area contributed by atoms with Crippen molar-refractivity contribution in [2.24, 2.45) is 4.99 Å². The Morgan fingerprint density at radius 3 is 2.64 bits per heavy atom. The van der Waals surface area contributed by atoms with E-state index in [1.165, 1.54) is 17.7 Å². The number of ether oxygens (including phenoxy) is 2. The zero-order chi connectivity index (χ0) is 17.8. The van der Waals surface area contributed by atoms with Gasteiger partial charge in [0.15, 0.2) is 5.96 Å². The average Bonchev–Trinajstić information content (AvgIpc) is 3.39. The molecule has 0 aliphatic heterocycles. The minimum Gasteiger partial charge on any atom is -0.382 e. The zero-order valence-corrected chi connectivity index (χ0v) is 16.2. The Morgan fingerprint density at radius 2 is 1.96 bits per heavy atom. The first-order valence-corrected chi connectivity index (χ1v) is 9.92. The van der Waals surface area contributed by atoms with Crippen LogP contribution in [0.1, 0.15) is 26.2 Å². The summed E-state index contributed by atoms with van der Waals surface area (Å²) >= 11 is 1.96. The summed E-state index contributed by atoms with van der Waals surface area (Å²) in [6.45, 7) is 6.72. The number of hydrogen-bond acceptors (Lipinski definition) is 4. The van der Waals surface area contributed by atoms with E-state index in [0.29, 0.717) is 13.2 Å². The van der Waals surface area contributed by atoms with Crippen molar-refractivity contribution in [3.8, 4) is 0 Å². The molecule has 0 spiro atoms. The molecule has 1 aliphatic carbocycles. The molecule has 2 N–H and O–H groups in total. The summed E-state index contributed by atoms with van der Waals surface area (Å²) < 4.78 is 10.7. The number of guanidine groups is 1. The van der Waals surface area contributed by atoms with Gasteiger partial charge in [0, 0.05) is 36.4 Å². The normalized spacial score (nSPS) is 15.8. The fraction of sp³-hybridized carbons (Fsp3) is 0.632. The van der Waals surface area contributed by atoms with Gasteiger partial charge in [0.2, 0.25) is 0 Å². The molecule has 0 saturated heterocycles. The van der Waals surface area contributed by atoms with Gasteiger partial charge >= 0.3 is 0 Å². The van der Waals surface area contributed by atoms with Crippen LogP contribution in [0.25, 0.3) is 0 Å². The van der Waals surface area contributed by atoms with E-state index in [1.807, 2.05) is 11.8 Å². The lowest BCUT2D eigenvalue weighted by Gasteiger charge is -2.15. The largest absolute Gasteiger partial charge is 0.382 e. The van der Waals surface area contributed by atoms with E-state index in [2.05, 4.69) is 47.9 Å². The Kier molecular flexibility index (Phi) is 9.15. The molecule has 1 aliphatic rings. The van der Waals surface area contributed by atoms with Crippen molar-refractivity contribution >= 4 is 17.7 Å². The summed E-state index contributed by atoms with van der Waals surface area (Å²) in [5.74, 6) is 0.902. The van der Waals surface area contributed by atoms with Crippen molar-refractivity contribution in [2.45, 2.75) is 35.8 Å². The highest BCUT2D eigenvalue weighted by Gasteiger charge is 2.43. The molecule has 1 saturated carbocycles. The number of nitrogens with zero attached hydrogens (tertiary/aromatic N) is 1. The van der Waals surface area contributed by atoms with Crippen molar-refractivity contribution in [3.63, 3.8) is 0 Å². The van der Waals surface area contributed by atoms with Gasteiger partial charge in [-0.3, -0.25) is 4.99 Å². The van der Waals surface area contributed by atoms with Crippen LogP contribution in [0.2, 0.25) is 0 Å². The predicted molar refractivity (Wildman–Crippen MR) is 106 cm³/mol. The van der Waals surface area contributed by atoms with Gasteiger partial charge in [0.05, 0.1) is 19.8 Å². The van der Waals surface area contributed by atoms with Crippen LogP contribution < -0.4 is 10.6 Å². The summed E-state index contributed by atoms with van der Waals surface area (Å²) in [4.78, 5) is 6.14. The Morgan fingerprint density at radius 1 is 1.16 bits per heavy atom. The second kappa shape index (κ2) is 11.4. The third-order valence-corrected chi connectivity index (χ3v) is 5.42. The maximum absolute atomic E-state index is 5.48. The highest BCUT2D eigenvalue weighted by atomic mass is 32.2. The summed E-state index contributed by atoms with van der Waals surface area (Å²) in [5.41, 5.74) is 0. The molecule has 1 aromatic rings. The van der Waals surface area contributed by atoms with E-state index < -0.39 is 0 Å². The van der Waals surface area contributed by atoms with Crippen LogP contribution >= 0.6 is 11.8 Å². The Hall–Kier alpha value is -1.24. The van der Waals surface area contributed by atoms with Gasteiger partial charge in [-0.2, -0.15) is 0 Å². The summed E-state index contributed by atoms with van der Waals surface area (Å²) in [5, 5.41) is 6.72. The molecular formula is C19H31N3O2S. The molecule has 1 fully saturated rings. The van der Waals surface area contributed by atoms with Crippen LogP contribution in [0, 0.1) is 0 Å². The van der Waals surface area contributed by atoms with E-state index in [-0.39, 0.29) is 4.75 Å². The smallest absolute Gasteiger partial charge is 0.191 e. The summed E-state index contributed by atoms with van der Waals surface area (Å²) in [7, 11) is 1.69. The molecule has 0 bridgehead atoms. The topological polar surface area (TPSA) is 54.9 Å². The minimum absolute atomic E-state index is 0.285. The van der Waals surface area contributed by atoms with Crippen molar-refractivity contribution in [3.05, 3.63) is 30.3 Å². The van der Waals surface area contributed by atoms with Crippen molar-refractivity contribution < 1.29 is 9.47 Å². The quantitative estimate of drug-likeness (QED) is 0.339. The highest BCUT2D eigenvalue weighted by molar-refractivity contribution is 8.01. The fourth-order valence-electron chi connectivity index (χ4n) is 2.36. The number of thioether (sulfide) groups is 1. The molecule has 0 aromatic heterocycles. The number of benzene rings is 1. The first-order valence-electron chi connectivity index (χ1n) is 9.11. The van der Waals surface area contributed by atoms with Crippen LogP contribution in [0.15, 0.2) is 40.2 Å². The number of rotatable bonds is 12. The molecular weight excluding hydrogens is 334 g/mol. The van der Waals surface area contributed by atoms with Crippen LogP contribution in [0.3, 0.4) is 0 Å². The van der Waals surface area contributed by atoms with Crippen molar-refractivity contribution in [2.75, 3.05) is 46.6 Å². The Bertz CT molecular complexity index is 507. The third-order valence-electron chi connectivity index (χ3n) is 3.94. The summed E-state index contributed by atoms with van der Waals surface area (Å²) in [6, 6.07) is 10.6. The first kappa shape index (κ1) is 20.1. The average molecular weight is 366 g/mol. The number of aliphatic imine (C=N–C) groups is 1. The molecule has 0 radical (unpaired) electrons. The molecule has 0 atom stereocenters. The number of hydrogen-bond donors (Lipinski definition) is 2. The van der Waals surface area contributed by atoms with Gasteiger partial charge in [-0.05, 0) is 38.3 Å². The lowest BCUT2D eigenvalue weighted by molar-refractivity contribution is 0.0698. The van der Waals surface area contributed by atoms with Crippen LogP contribution in [-0.4, -0.2) is 57.3 Å². The third kappa shape index (κ3) is 8.12. The Labute approximate surface area is 156 Å². The van der Waals surface area contributed by atoms with Crippen molar-refractivity contribution in [1.29, 1.82) is 0 Å². The number of methoxy groups -OCH3 is 1. The minimum atomic E-state index is 0.285. The van der Waals surface area contributed by atoms with Crippen LogP contribution in [0.5, 0.6) is 0 Å². The van der Waals surface area contributed by atoms with Crippen LogP contribution in [0.4, 0.5) is 0 Å². The standard InChI is InChI=1S/C19H31N3O2S/c1-3-20-18(21-12-7-13-24-15-14-23-2)22-16-19(10-11-19)25-17-8-5-4-6-9-17/h4-6,8-9H,3,7,10-16H2,1-2H3,(H2,20,21,22). The Balaban J connectivity index is 1.71. The van der Waals surface area contributed by atoms with Gasteiger partial charge < -0.3 is 20.1 Å². The van der Waals surface area contributed by atoms with E-state index in [1.54, 1.807) is 7.11 Å². The molecule has 1 aromatic carbocycles. The van der Waals surface area contributed by atoms with Gasteiger partial charge in [-0.15, -0.1) is 11.8 Å². The van der Waals surface area contributed by atoms with Gasteiger partial charge in [0.25, 0.3) is 0 Å².